The van der Waals surface area contributed by atoms with Crippen molar-refractivity contribution < 1.29 is 13.6 Å². The molecule has 1 aliphatic rings. The number of carbonyl (C=O) groups is 1. The fraction of sp³-hybridized carbons (Fsp3) is 0.250. The van der Waals surface area contributed by atoms with Gasteiger partial charge in [0, 0.05) is 48.8 Å². The zero-order valence-electron chi connectivity index (χ0n) is 22.2. The van der Waals surface area contributed by atoms with Gasteiger partial charge in [0.05, 0.1) is 16.9 Å². The Kier molecular flexibility index (Phi) is 7.33. The lowest BCUT2D eigenvalue weighted by Crippen LogP contribution is -2.48. The number of pyridine rings is 1. The molecule has 0 saturated carbocycles. The Balaban J connectivity index is 1.79. The van der Waals surface area contributed by atoms with Crippen molar-refractivity contribution >= 4 is 22.5 Å². The minimum Gasteiger partial charge on any atom is -0.367 e. The Bertz CT molecular complexity index is 1610. The third-order valence-electron chi connectivity index (χ3n) is 7.54. The van der Waals surface area contributed by atoms with E-state index in [1.165, 1.54) is 18.2 Å². The Hall–Kier alpha value is -4.26. The van der Waals surface area contributed by atoms with Crippen LogP contribution in [0.15, 0.2) is 78.1 Å². The molecule has 4 aromatic rings. The van der Waals surface area contributed by atoms with Gasteiger partial charge < -0.3 is 9.80 Å². The van der Waals surface area contributed by atoms with E-state index in [-0.39, 0.29) is 22.6 Å². The molecule has 0 radical (unpaired) electrons. The van der Waals surface area contributed by atoms with E-state index in [0.717, 1.165) is 16.8 Å². The molecular formula is C32H31F2N3O2. The smallest absolute Gasteiger partial charge is 0.257 e. The number of nitrogens with zero attached hydrogens (tertiary/aromatic N) is 3. The largest absolute Gasteiger partial charge is 0.367 e. The summed E-state index contributed by atoms with van der Waals surface area (Å²) in [6, 6.07) is 16.6. The molecule has 0 N–H and O–H groups in total. The van der Waals surface area contributed by atoms with Gasteiger partial charge in [-0.2, -0.15) is 0 Å². The first-order valence-corrected chi connectivity index (χ1v) is 13.3. The summed E-state index contributed by atoms with van der Waals surface area (Å²) >= 11 is 0. The first-order valence-electron chi connectivity index (χ1n) is 13.3. The number of carbonyl (C=O) groups excluding carboxylic acids is 1. The van der Waals surface area contributed by atoms with Gasteiger partial charge in [-0.3, -0.25) is 14.2 Å². The van der Waals surface area contributed by atoms with Gasteiger partial charge in [0.15, 0.2) is 0 Å². The maximum Gasteiger partial charge on any atom is 0.257 e. The average molecular weight is 528 g/mol. The molecule has 39 heavy (non-hydrogen) atoms. The number of piperazine rings is 1. The predicted molar refractivity (Wildman–Crippen MR) is 153 cm³/mol. The number of anilines is 1. The lowest BCUT2D eigenvalue weighted by Gasteiger charge is -2.36. The van der Waals surface area contributed by atoms with Crippen LogP contribution in [0.4, 0.5) is 14.5 Å². The molecule has 0 spiro atoms. The summed E-state index contributed by atoms with van der Waals surface area (Å²) in [6.45, 7) is 9.53. The number of rotatable bonds is 6. The van der Waals surface area contributed by atoms with Gasteiger partial charge in [-0.05, 0) is 48.2 Å². The zero-order chi connectivity index (χ0) is 27.7. The van der Waals surface area contributed by atoms with Gasteiger partial charge in [0.1, 0.15) is 11.6 Å². The molecule has 1 amide bonds. The maximum absolute atomic E-state index is 15.7. The highest BCUT2D eigenvalue weighted by Gasteiger charge is 2.25. The topological polar surface area (TPSA) is 45.6 Å². The molecule has 3 aromatic carbocycles. The number of aromatic nitrogens is 1. The monoisotopic (exact) mass is 527 g/mol. The summed E-state index contributed by atoms with van der Waals surface area (Å²) in [6.07, 6.45) is 2.71. The number of para-hydroxylation sites is 1. The van der Waals surface area contributed by atoms with Crippen LogP contribution in [0.5, 0.6) is 0 Å². The molecule has 1 fully saturated rings. The van der Waals surface area contributed by atoms with Crippen molar-refractivity contribution in [3.63, 3.8) is 0 Å². The van der Waals surface area contributed by atoms with E-state index in [0.29, 0.717) is 55.6 Å². The first kappa shape index (κ1) is 26.4. The molecule has 5 rings (SSSR count). The Morgan fingerprint density at radius 1 is 0.872 bits per heavy atom. The number of aryl methyl sites for hydroxylation is 2. The van der Waals surface area contributed by atoms with Crippen molar-refractivity contribution in [1.29, 1.82) is 0 Å². The number of hydrogen-bond donors (Lipinski definition) is 0. The highest BCUT2D eigenvalue weighted by atomic mass is 19.1. The third kappa shape index (κ3) is 4.73. The second kappa shape index (κ2) is 10.8. The van der Waals surface area contributed by atoms with Crippen LogP contribution in [0.1, 0.15) is 25.0 Å². The van der Waals surface area contributed by atoms with Crippen LogP contribution in [-0.4, -0.2) is 41.6 Å². The lowest BCUT2D eigenvalue weighted by molar-refractivity contribution is -0.126. The SMILES string of the molecule is C=CC(=O)N1CCN(c2cc(=O)n(-c3c(CC)cccc3CC)c3cc(-c4ccccc4F)c(F)cc23)CC1. The van der Waals surface area contributed by atoms with E-state index < -0.39 is 11.6 Å². The minimum atomic E-state index is -0.570. The van der Waals surface area contributed by atoms with E-state index in [1.807, 2.05) is 36.9 Å². The standard InChI is InChI=1S/C32H31F2N3O2/c1-4-21-10-9-11-22(5-2)32(21)37-29-19-24(23-12-7-8-13-26(23)33)27(34)18-25(29)28(20-31(37)39)35-14-16-36(17-15-35)30(38)6-3/h6-13,18-20H,3-5,14-17H2,1-2H3. The molecule has 0 aliphatic carbocycles. The lowest BCUT2D eigenvalue weighted by atomic mass is 9.99. The van der Waals surface area contributed by atoms with E-state index in [1.54, 1.807) is 39.8 Å². The Labute approximate surface area is 226 Å². The maximum atomic E-state index is 15.7. The molecule has 1 saturated heterocycles. The second-order valence-corrected chi connectivity index (χ2v) is 9.68. The highest BCUT2D eigenvalue weighted by Crippen LogP contribution is 2.35. The highest BCUT2D eigenvalue weighted by molar-refractivity contribution is 5.96. The summed E-state index contributed by atoms with van der Waals surface area (Å²) in [5.41, 5.74) is 3.88. The van der Waals surface area contributed by atoms with E-state index in [9.17, 15) is 14.0 Å². The van der Waals surface area contributed by atoms with Gasteiger partial charge in [-0.15, -0.1) is 0 Å². The molecule has 1 aliphatic heterocycles. The van der Waals surface area contributed by atoms with Crippen molar-refractivity contribution in [2.75, 3.05) is 31.1 Å². The van der Waals surface area contributed by atoms with Gasteiger partial charge >= 0.3 is 0 Å². The Morgan fingerprint density at radius 3 is 2.15 bits per heavy atom. The number of fused-ring (bicyclic) bond motifs is 1. The van der Waals surface area contributed by atoms with Gasteiger partial charge in [-0.1, -0.05) is 56.8 Å². The number of benzene rings is 3. The zero-order valence-corrected chi connectivity index (χ0v) is 22.2. The van der Waals surface area contributed by atoms with Crippen molar-refractivity contribution in [2.24, 2.45) is 0 Å². The van der Waals surface area contributed by atoms with Crippen LogP contribution in [0.3, 0.4) is 0 Å². The molecule has 0 atom stereocenters. The summed E-state index contributed by atoms with van der Waals surface area (Å²) in [7, 11) is 0. The van der Waals surface area contributed by atoms with Crippen molar-refractivity contribution in [3.8, 4) is 16.8 Å². The van der Waals surface area contributed by atoms with Gasteiger partial charge in [-0.25, -0.2) is 8.78 Å². The third-order valence-corrected chi connectivity index (χ3v) is 7.54. The summed E-state index contributed by atoms with van der Waals surface area (Å²) in [4.78, 5) is 29.8. The molecule has 0 bridgehead atoms. The summed E-state index contributed by atoms with van der Waals surface area (Å²) in [5.74, 6) is -1.25. The van der Waals surface area contributed by atoms with Crippen molar-refractivity contribution in [2.45, 2.75) is 26.7 Å². The number of halogens is 2. The van der Waals surface area contributed by atoms with E-state index in [2.05, 4.69) is 6.58 Å². The van der Waals surface area contributed by atoms with Crippen LogP contribution in [0, 0.1) is 11.6 Å². The normalized spacial score (nSPS) is 13.6. The molecule has 7 heteroatoms. The molecule has 200 valence electrons. The van der Waals surface area contributed by atoms with Crippen LogP contribution in [0.25, 0.3) is 27.7 Å². The summed E-state index contributed by atoms with van der Waals surface area (Å²) in [5, 5.41) is 0.559. The van der Waals surface area contributed by atoms with Crippen LogP contribution in [0.2, 0.25) is 0 Å². The van der Waals surface area contributed by atoms with E-state index in [4.69, 9.17) is 0 Å². The molecule has 0 unspecified atom stereocenters. The average Bonchev–Trinajstić information content (AvgIpc) is 2.96. The quantitative estimate of drug-likeness (QED) is 0.294. The fourth-order valence-corrected chi connectivity index (χ4v) is 5.51. The fourth-order valence-electron chi connectivity index (χ4n) is 5.51. The van der Waals surface area contributed by atoms with Crippen LogP contribution < -0.4 is 10.5 Å². The van der Waals surface area contributed by atoms with Gasteiger partial charge in [0.25, 0.3) is 5.56 Å². The number of hydrogen-bond acceptors (Lipinski definition) is 3. The van der Waals surface area contributed by atoms with Crippen LogP contribution in [-0.2, 0) is 17.6 Å². The Morgan fingerprint density at radius 2 is 1.54 bits per heavy atom. The van der Waals surface area contributed by atoms with Crippen molar-refractivity contribution in [1.82, 2.24) is 9.47 Å². The summed E-state index contributed by atoms with van der Waals surface area (Å²) < 4.78 is 32.2. The predicted octanol–water partition coefficient (Wildman–Crippen LogP) is 5.90. The van der Waals surface area contributed by atoms with E-state index >= 15 is 4.39 Å². The number of amides is 1. The molecule has 1 aromatic heterocycles. The molecule has 5 nitrogen and oxygen atoms in total. The first-order chi connectivity index (χ1) is 18.9. The molecular weight excluding hydrogens is 496 g/mol. The van der Waals surface area contributed by atoms with Crippen molar-refractivity contribution in [3.05, 3.63) is 106 Å². The molecule has 2 heterocycles. The minimum absolute atomic E-state index is 0.0966. The van der Waals surface area contributed by atoms with Crippen LogP contribution >= 0.6 is 0 Å². The second-order valence-electron chi connectivity index (χ2n) is 9.68. The van der Waals surface area contributed by atoms with Gasteiger partial charge in [0.2, 0.25) is 5.91 Å².